The number of likely N-dealkylation sites (N-methyl/N-ethyl adjacent to an activating group) is 5. The molecule has 0 aliphatic carbocycles. The summed E-state index contributed by atoms with van der Waals surface area (Å²) in [5.41, 5.74) is 1.40. The summed E-state index contributed by atoms with van der Waals surface area (Å²) in [6.07, 6.45) is 2.65. The molecule has 0 unspecified atom stereocenters. The van der Waals surface area contributed by atoms with Gasteiger partial charge in [-0.1, -0.05) is 0 Å². The van der Waals surface area contributed by atoms with Crippen molar-refractivity contribution >= 4 is 0 Å². The lowest BCUT2D eigenvalue weighted by Gasteiger charge is -2.47. The summed E-state index contributed by atoms with van der Waals surface area (Å²) in [6.45, 7) is 47.4. The molecule has 334 valence electrons. The summed E-state index contributed by atoms with van der Waals surface area (Å²) in [5.74, 6) is 0. The second-order valence-corrected chi connectivity index (χ2v) is 22.0. The fourth-order valence-electron chi connectivity index (χ4n) is 5.96. The van der Waals surface area contributed by atoms with Crippen molar-refractivity contribution in [2.24, 2.45) is 0 Å². The Morgan fingerprint density at radius 1 is 0.545 bits per heavy atom. The largest absolute Gasteiger partial charge is 0.375 e. The molecule has 0 saturated carbocycles. The van der Waals surface area contributed by atoms with Gasteiger partial charge >= 0.3 is 0 Å². The van der Waals surface area contributed by atoms with E-state index in [1.807, 2.05) is 21.1 Å². The van der Waals surface area contributed by atoms with Crippen LogP contribution in [-0.4, -0.2) is 221 Å². The van der Waals surface area contributed by atoms with Gasteiger partial charge in [-0.25, -0.2) is 0 Å². The molecule has 3 fully saturated rings. The molecule has 3 heterocycles. The number of ether oxygens (including phenoxy) is 1. The van der Waals surface area contributed by atoms with Crippen molar-refractivity contribution in [3.8, 4) is 0 Å². The minimum Gasteiger partial charge on any atom is -0.375 e. The molecule has 3 aliphatic heterocycles. The van der Waals surface area contributed by atoms with Crippen molar-refractivity contribution in [1.82, 2.24) is 44.5 Å². The molecule has 3 saturated heterocycles. The summed E-state index contributed by atoms with van der Waals surface area (Å²) in [5, 5.41) is 3.26. The lowest BCUT2D eigenvalue weighted by Crippen LogP contribution is -2.62. The van der Waals surface area contributed by atoms with Gasteiger partial charge in [0.1, 0.15) is 0 Å². The highest BCUT2D eigenvalue weighted by molar-refractivity contribution is 4.92. The average molecular weight is 786 g/mol. The number of piperidine rings is 1. The molecule has 3 rings (SSSR count). The van der Waals surface area contributed by atoms with Gasteiger partial charge in [-0.2, -0.15) is 0 Å². The van der Waals surface area contributed by atoms with Gasteiger partial charge in [0.05, 0.1) is 12.2 Å². The highest BCUT2D eigenvalue weighted by Gasteiger charge is 2.33. The van der Waals surface area contributed by atoms with Crippen LogP contribution < -0.4 is 5.32 Å². The standard InChI is InChI=1S/C11H24N2.C9H20N2.C9H22N2.C8H18N2.C8H19NO/c1-11(2,3)13-8-6-10(7-9-13)12(4)5;1-9(2,3)11-7-5-10(4)6-8-11;1-9(2,3)11(6)8-7-10(4)5;1-8(2,3)10-5-7(6-10)9-4;1-8(2,3)10-7-6-9(4)5/h10H,6-9H2,1-5H3;5-8H2,1-4H3;7-8H2,1-6H3;7,9H,5-6H2,1-4H3;6-7H2,1-5H3. The molecule has 1 N–H and O–H groups in total. The molecular weight excluding hydrogens is 683 g/mol. The SMILES string of the molecule is CN(C)C1CCN(C(C)(C)C)CC1.CN(C)CCN(C)C(C)(C)C.CN(C)CCOC(C)(C)C.CN1CCN(C(C)(C)C)CC1.CNC1CN(C(C)(C)C)C1. The van der Waals surface area contributed by atoms with E-state index in [1.54, 1.807) is 0 Å². The van der Waals surface area contributed by atoms with Gasteiger partial charge in [-0.05, 0) is 180 Å². The number of nitrogens with zero attached hydrogens (tertiary/aromatic N) is 8. The highest BCUT2D eigenvalue weighted by Crippen LogP contribution is 2.22. The Morgan fingerprint density at radius 2 is 0.945 bits per heavy atom. The van der Waals surface area contributed by atoms with Crippen LogP contribution in [-0.2, 0) is 4.74 Å². The van der Waals surface area contributed by atoms with Crippen molar-refractivity contribution < 1.29 is 4.74 Å². The molecular formula is C45H103N9O. The Hall–Kier alpha value is -0.400. The van der Waals surface area contributed by atoms with Gasteiger partial charge in [0, 0.05) is 106 Å². The van der Waals surface area contributed by atoms with E-state index in [4.69, 9.17) is 4.74 Å². The number of nitrogens with one attached hydrogen (secondary N) is 1. The topological polar surface area (TPSA) is 47.2 Å². The van der Waals surface area contributed by atoms with E-state index in [-0.39, 0.29) is 5.60 Å². The fraction of sp³-hybridized carbons (Fsp3) is 1.00. The van der Waals surface area contributed by atoms with E-state index in [0.29, 0.717) is 22.2 Å². The Morgan fingerprint density at radius 3 is 1.25 bits per heavy atom. The van der Waals surface area contributed by atoms with Crippen molar-refractivity contribution in [2.45, 2.75) is 157 Å². The van der Waals surface area contributed by atoms with Crippen molar-refractivity contribution in [2.75, 3.05) is 142 Å². The van der Waals surface area contributed by atoms with Crippen LogP contribution in [0.3, 0.4) is 0 Å². The van der Waals surface area contributed by atoms with Gasteiger partial charge in [-0.15, -0.1) is 0 Å². The third-order valence-electron chi connectivity index (χ3n) is 10.9. The van der Waals surface area contributed by atoms with Crippen molar-refractivity contribution in [3.63, 3.8) is 0 Å². The summed E-state index contributed by atoms with van der Waals surface area (Å²) >= 11 is 0. The summed E-state index contributed by atoms with van der Waals surface area (Å²) in [7, 11) is 19.1. The first kappa shape index (κ1) is 56.7. The van der Waals surface area contributed by atoms with E-state index in [0.717, 1.165) is 38.3 Å². The molecule has 0 atom stereocenters. The number of likely N-dealkylation sites (tertiary alicyclic amines) is 2. The average Bonchev–Trinajstić information content (AvgIpc) is 2.98. The predicted molar refractivity (Wildman–Crippen MR) is 246 cm³/mol. The quantitative estimate of drug-likeness (QED) is 0.310. The first-order valence-corrected chi connectivity index (χ1v) is 21.6. The maximum absolute atomic E-state index is 5.50. The van der Waals surface area contributed by atoms with Gasteiger partial charge in [0.25, 0.3) is 0 Å². The third kappa shape index (κ3) is 29.5. The highest BCUT2D eigenvalue weighted by atomic mass is 16.5. The number of hydrogen-bond donors (Lipinski definition) is 1. The summed E-state index contributed by atoms with van der Waals surface area (Å²) in [6, 6.07) is 1.54. The predicted octanol–water partition coefficient (Wildman–Crippen LogP) is 6.17. The third-order valence-corrected chi connectivity index (χ3v) is 10.9. The molecule has 0 amide bonds. The molecule has 3 aliphatic rings. The smallest absolute Gasteiger partial charge is 0.0600 e. The van der Waals surface area contributed by atoms with Crippen LogP contribution in [0.1, 0.15) is 117 Å². The minimum atomic E-state index is 0.00993. The van der Waals surface area contributed by atoms with Crippen LogP contribution in [0.25, 0.3) is 0 Å². The zero-order chi connectivity index (χ0) is 43.6. The maximum Gasteiger partial charge on any atom is 0.0600 e. The molecule has 0 spiro atoms. The lowest BCUT2D eigenvalue weighted by molar-refractivity contribution is -0.00871. The number of hydrogen-bond acceptors (Lipinski definition) is 10. The van der Waals surface area contributed by atoms with Crippen LogP contribution in [0.2, 0.25) is 0 Å². The Kier molecular flexibility index (Phi) is 26.7. The second-order valence-electron chi connectivity index (χ2n) is 22.0. The number of rotatable bonds is 8. The molecule has 0 aromatic carbocycles. The second kappa shape index (κ2) is 25.9. The Bertz CT molecular complexity index is 916. The van der Waals surface area contributed by atoms with E-state index in [2.05, 4.69) is 191 Å². The molecule has 10 nitrogen and oxygen atoms in total. The van der Waals surface area contributed by atoms with Crippen LogP contribution in [0.15, 0.2) is 0 Å². The Labute approximate surface area is 347 Å². The van der Waals surface area contributed by atoms with Gasteiger partial charge in [-0.3, -0.25) is 14.7 Å². The molecule has 0 bridgehead atoms. The molecule has 55 heavy (non-hydrogen) atoms. The monoisotopic (exact) mass is 786 g/mol. The zero-order valence-electron chi connectivity index (χ0n) is 42.0. The van der Waals surface area contributed by atoms with Crippen LogP contribution in [0, 0.1) is 0 Å². The summed E-state index contributed by atoms with van der Waals surface area (Å²) in [4.78, 5) is 19.1. The first-order chi connectivity index (χ1) is 24.7. The van der Waals surface area contributed by atoms with E-state index in [9.17, 15) is 0 Å². The van der Waals surface area contributed by atoms with E-state index >= 15 is 0 Å². The fourth-order valence-corrected chi connectivity index (χ4v) is 5.96. The van der Waals surface area contributed by atoms with E-state index < -0.39 is 0 Å². The van der Waals surface area contributed by atoms with Crippen molar-refractivity contribution in [3.05, 3.63) is 0 Å². The van der Waals surface area contributed by atoms with Crippen molar-refractivity contribution in [1.29, 1.82) is 0 Å². The van der Waals surface area contributed by atoms with E-state index in [1.165, 1.54) is 65.2 Å². The molecule has 0 aromatic heterocycles. The normalized spacial score (nSPS) is 19.2. The zero-order valence-corrected chi connectivity index (χ0v) is 42.0. The Balaban J connectivity index is 0. The van der Waals surface area contributed by atoms with Crippen LogP contribution in [0.4, 0.5) is 0 Å². The van der Waals surface area contributed by atoms with Crippen LogP contribution >= 0.6 is 0 Å². The van der Waals surface area contributed by atoms with Gasteiger partial charge in [0.2, 0.25) is 0 Å². The molecule has 0 aromatic rings. The maximum atomic E-state index is 5.50. The molecule has 10 heteroatoms. The summed E-state index contributed by atoms with van der Waals surface area (Å²) < 4.78 is 5.50. The van der Waals surface area contributed by atoms with Crippen LogP contribution in [0.5, 0.6) is 0 Å². The first-order valence-electron chi connectivity index (χ1n) is 21.6. The lowest BCUT2D eigenvalue weighted by atomic mass is 9.98. The van der Waals surface area contributed by atoms with Gasteiger partial charge < -0.3 is 34.6 Å². The number of piperazine rings is 1. The molecule has 0 radical (unpaired) electrons. The minimum absolute atomic E-state index is 0.00993. The van der Waals surface area contributed by atoms with Gasteiger partial charge in [0.15, 0.2) is 0 Å².